The van der Waals surface area contributed by atoms with Gasteiger partial charge in [-0.05, 0) is 36.2 Å². The van der Waals surface area contributed by atoms with E-state index in [1.54, 1.807) is 11.8 Å². The Balaban J connectivity index is 1.93. The van der Waals surface area contributed by atoms with Crippen LogP contribution in [0.25, 0.3) is 0 Å². The summed E-state index contributed by atoms with van der Waals surface area (Å²) < 4.78 is 0. The second-order valence-electron chi connectivity index (χ2n) is 5.06. The van der Waals surface area contributed by atoms with Gasteiger partial charge in [-0.25, -0.2) is 4.98 Å². The minimum absolute atomic E-state index is 0.665. The predicted octanol–water partition coefficient (Wildman–Crippen LogP) is 4.63. The van der Waals surface area contributed by atoms with Crippen LogP contribution in [0.1, 0.15) is 19.4 Å². The number of halogens is 1. The Hall–Kier alpha value is -1.03. The minimum atomic E-state index is 0.665. The number of aromatic nitrogens is 1. The molecule has 0 bridgehead atoms. The molecule has 1 aromatic carbocycles. The number of nitrogens with one attached hydrogen (secondary N) is 1. The third-order valence-corrected chi connectivity index (χ3v) is 4.20. The highest BCUT2D eigenvalue weighted by molar-refractivity contribution is 7.99. The van der Waals surface area contributed by atoms with Gasteiger partial charge in [0.05, 0.1) is 5.02 Å². The summed E-state index contributed by atoms with van der Waals surface area (Å²) >= 11 is 7.73. The second-order valence-corrected chi connectivity index (χ2v) is 6.53. The molecule has 0 aliphatic carbocycles. The van der Waals surface area contributed by atoms with E-state index in [4.69, 9.17) is 11.6 Å². The molecule has 1 aromatic heterocycles. The Kier molecular flexibility index (Phi) is 5.89. The molecule has 4 heteroatoms. The van der Waals surface area contributed by atoms with Crippen molar-refractivity contribution in [2.24, 2.45) is 5.92 Å². The molecule has 2 aromatic rings. The van der Waals surface area contributed by atoms with Crippen molar-refractivity contribution >= 4 is 23.4 Å². The first-order chi connectivity index (χ1) is 9.65. The van der Waals surface area contributed by atoms with Crippen molar-refractivity contribution < 1.29 is 0 Å². The average molecular weight is 307 g/mol. The fourth-order valence-electron chi connectivity index (χ4n) is 1.72. The Morgan fingerprint density at radius 2 is 2.00 bits per heavy atom. The maximum atomic E-state index is 6.14. The summed E-state index contributed by atoms with van der Waals surface area (Å²) in [6, 6.07) is 12.0. The molecular weight excluding hydrogens is 288 g/mol. The van der Waals surface area contributed by atoms with Gasteiger partial charge >= 0.3 is 0 Å². The van der Waals surface area contributed by atoms with Crippen LogP contribution in [0.3, 0.4) is 0 Å². The Morgan fingerprint density at radius 1 is 1.20 bits per heavy atom. The van der Waals surface area contributed by atoms with Gasteiger partial charge < -0.3 is 5.32 Å². The zero-order valence-electron chi connectivity index (χ0n) is 11.8. The van der Waals surface area contributed by atoms with Crippen LogP contribution in [-0.2, 0) is 6.54 Å². The summed E-state index contributed by atoms with van der Waals surface area (Å²) in [5, 5.41) is 5.14. The molecule has 0 unspecified atom stereocenters. The van der Waals surface area contributed by atoms with E-state index in [9.17, 15) is 0 Å². The van der Waals surface area contributed by atoms with Crippen molar-refractivity contribution in [2.45, 2.75) is 30.3 Å². The first-order valence-corrected chi connectivity index (χ1v) is 7.92. The van der Waals surface area contributed by atoms with Gasteiger partial charge in [-0.1, -0.05) is 55.4 Å². The monoisotopic (exact) mass is 306 g/mol. The van der Waals surface area contributed by atoms with Crippen molar-refractivity contribution in [1.29, 1.82) is 0 Å². The average Bonchev–Trinajstić information content (AvgIpc) is 2.43. The fraction of sp³-hybridized carbons (Fsp3) is 0.312. The van der Waals surface area contributed by atoms with Gasteiger partial charge in [-0.3, -0.25) is 0 Å². The summed E-state index contributed by atoms with van der Waals surface area (Å²) in [4.78, 5) is 5.51. The van der Waals surface area contributed by atoms with Crippen molar-refractivity contribution in [1.82, 2.24) is 10.3 Å². The van der Waals surface area contributed by atoms with Gasteiger partial charge in [-0.2, -0.15) is 0 Å². The summed E-state index contributed by atoms with van der Waals surface area (Å²) in [6.07, 6.45) is 1.92. The molecule has 0 spiro atoms. The maximum absolute atomic E-state index is 6.14. The smallest absolute Gasteiger partial charge is 0.101 e. The molecule has 1 heterocycles. The first-order valence-electron chi connectivity index (χ1n) is 6.73. The summed E-state index contributed by atoms with van der Waals surface area (Å²) in [6.45, 7) is 6.29. The van der Waals surface area contributed by atoms with Crippen molar-refractivity contribution in [3.05, 3.63) is 53.2 Å². The molecule has 2 nitrogen and oxygen atoms in total. The molecule has 0 fully saturated rings. The molecular formula is C16H19ClN2S. The lowest BCUT2D eigenvalue weighted by Crippen LogP contribution is -2.18. The van der Waals surface area contributed by atoms with Crippen LogP contribution in [0.15, 0.2) is 52.5 Å². The number of hydrogen-bond donors (Lipinski definition) is 1. The Morgan fingerprint density at radius 3 is 2.65 bits per heavy atom. The van der Waals surface area contributed by atoms with E-state index in [1.807, 2.05) is 36.5 Å². The Labute approximate surface area is 130 Å². The topological polar surface area (TPSA) is 24.9 Å². The van der Waals surface area contributed by atoms with E-state index in [-0.39, 0.29) is 0 Å². The van der Waals surface area contributed by atoms with Gasteiger partial charge in [0.15, 0.2) is 0 Å². The summed E-state index contributed by atoms with van der Waals surface area (Å²) in [7, 11) is 0. The predicted molar refractivity (Wildman–Crippen MR) is 86.4 cm³/mol. The molecule has 0 radical (unpaired) electrons. The molecule has 20 heavy (non-hydrogen) atoms. The van der Waals surface area contributed by atoms with Crippen molar-refractivity contribution in [2.75, 3.05) is 6.54 Å². The largest absolute Gasteiger partial charge is 0.312 e. The van der Waals surface area contributed by atoms with Crippen LogP contribution in [0.2, 0.25) is 5.02 Å². The molecule has 0 amide bonds. The minimum Gasteiger partial charge on any atom is -0.312 e. The Bertz CT molecular complexity index is 540. The standard InChI is InChI=1S/C16H19ClN2S/c1-12(2)9-18-10-13-7-8-16(19-11-13)20-15-6-4-3-5-14(15)17/h3-8,11-12,18H,9-10H2,1-2H3. The maximum Gasteiger partial charge on any atom is 0.101 e. The number of pyridine rings is 1. The van der Waals surface area contributed by atoms with Gasteiger partial charge in [0.2, 0.25) is 0 Å². The van der Waals surface area contributed by atoms with E-state index in [0.717, 1.165) is 28.0 Å². The number of rotatable bonds is 6. The third-order valence-electron chi connectivity index (χ3n) is 2.73. The number of hydrogen-bond acceptors (Lipinski definition) is 3. The molecule has 0 aliphatic rings. The lowest BCUT2D eigenvalue weighted by atomic mass is 10.2. The van der Waals surface area contributed by atoms with E-state index in [0.29, 0.717) is 5.92 Å². The lowest BCUT2D eigenvalue weighted by molar-refractivity contribution is 0.551. The van der Waals surface area contributed by atoms with Gasteiger partial charge in [-0.15, -0.1) is 0 Å². The van der Waals surface area contributed by atoms with Gasteiger partial charge in [0.25, 0.3) is 0 Å². The molecule has 1 N–H and O–H groups in total. The van der Waals surface area contributed by atoms with Crippen LogP contribution in [-0.4, -0.2) is 11.5 Å². The first kappa shape index (κ1) is 15.4. The highest BCUT2D eigenvalue weighted by Gasteiger charge is 2.03. The second kappa shape index (κ2) is 7.67. The fourth-order valence-corrected chi connectivity index (χ4v) is 2.75. The number of benzene rings is 1. The summed E-state index contributed by atoms with van der Waals surface area (Å²) in [5.41, 5.74) is 1.20. The van der Waals surface area contributed by atoms with Crippen molar-refractivity contribution in [3.63, 3.8) is 0 Å². The van der Waals surface area contributed by atoms with E-state index in [1.165, 1.54) is 5.56 Å². The van der Waals surface area contributed by atoms with Gasteiger partial charge in [0, 0.05) is 17.6 Å². The van der Waals surface area contributed by atoms with E-state index in [2.05, 4.69) is 30.2 Å². The summed E-state index contributed by atoms with van der Waals surface area (Å²) in [5.74, 6) is 0.665. The van der Waals surface area contributed by atoms with Crippen LogP contribution in [0.4, 0.5) is 0 Å². The quantitative estimate of drug-likeness (QED) is 0.842. The van der Waals surface area contributed by atoms with Gasteiger partial charge in [0.1, 0.15) is 5.03 Å². The number of nitrogens with zero attached hydrogens (tertiary/aromatic N) is 1. The van der Waals surface area contributed by atoms with E-state index < -0.39 is 0 Å². The highest BCUT2D eigenvalue weighted by atomic mass is 35.5. The van der Waals surface area contributed by atoms with Crippen LogP contribution in [0.5, 0.6) is 0 Å². The lowest BCUT2D eigenvalue weighted by Gasteiger charge is -2.08. The normalized spacial score (nSPS) is 11.0. The van der Waals surface area contributed by atoms with Crippen molar-refractivity contribution in [3.8, 4) is 0 Å². The third kappa shape index (κ3) is 4.82. The zero-order chi connectivity index (χ0) is 14.4. The molecule has 0 aliphatic heterocycles. The van der Waals surface area contributed by atoms with E-state index >= 15 is 0 Å². The molecule has 106 valence electrons. The zero-order valence-corrected chi connectivity index (χ0v) is 13.3. The van der Waals surface area contributed by atoms with Crippen LogP contribution < -0.4 is 5.32 Å². The van der Waals surface area contributed by atoms with Crippen LogP contribution >= 0.6 is 23.4 Å². The molecule has 0 saturated heterocycles. The molecule has 0 atom stereocenters. The van der Waals surface area contributed by atoms with Crippen LogP contribution in [0, 0.1) is 5.92 Å². The molecule has 0 saturated carbocycles. The SMILES string of the molecule is CC(C)CNCc1ccc(Sc2ccccc2Cl)nc1. The molecule has 2 rings (SSSR count). The highest BCUT2D eigenvalue weighted by Crippen LogP contribution is 2.31.